The highest BCUT2D eigenvalue weighted by atomic mass is 16.2. The molecule has 1 aliphatic rings. The summed E-state index contributed by atoms with van der Waals surface area (Å²) >= 11 is 0. The van der Waals surface area contributed by atoms with Crippen molar-refractivity contribution in [1.82, 2.24) is 21.3 Å². The highest BCUT2D eigenvalue weighted by molar-refractivity contribution is 5.73. The third-order valence-electron chi connectivity index (χ3n) is 2.95. The summed E-state index contributed by atoms with van der Waals surface area (Å²) in [6.07, 6.45) is 4.75. The van der Waals surface area contributed by atoms with Gasteiger partial charge in [-0.25, -0.2) is 4.79 Å². The van der Waals surface area contributed by atoms with Crippen LogP contribution >= 0.6 is 0 Å². The monoisotopic (exact) mass is 242 g/mol. The van der Waals surface area contributed by atoms with Gasteiger partial charge in [-0.3, -0.25) is 0 Å². The minimum Gasteiger partial charge on any atom is -0.338 e. The Morgan fingerprint density at radius 2 is 2.12 bits per heavy atom. The molecule has 5 nitrogen and oxygen atoms in total. The molecule has 0 spiro atoms. The van der Waals surface area contributed by atoms with Crippen LogP contribution in [0.15, 0.2) is 0 Å². The van der Waals surface area contributed by atoms with E-state index in [0.717, 1.165) is 32.6 Å². The Bertz CT molecular complexity index is 205. The van der Waals surface area contributed by atoms with Crippen molar-refractivity contribution in [3.63, 3.8) is 0 Å². The topological polar surface area (TPSA) is 65.2 Å². The molecule has 2 amide bonds. The van der Waals surface area contributed by atoms with Gasteiger partial charge in [0.05, 0.1) is 0 Å². The first-order valence-corrected chi connectivity index (χ1v) is 6.78. The minimum absolute atomic E-state index is 0.0473. The van der Waals surface area contributed by atoms with E-state index in [0.29, 0.717) is 12.6 Å². The van der Waals surface area contributed by atoms with Crippen LogP contribution < -0.4 is 21.3 Å². The lowest BCUT2D eigenvalue weighted by Crippen LogP contribution is -2.54. The number of piperazine rings is 1. The second-order valence-corrected chi connectivity index (χ2v) is 4.55. The van der Waals surface area contributed by atoms with Crippen molar-refractivity contribution in [2.75, 3.05) is 32.7 Å². The molecule has 1 fully saturated rings. The third-order valence-corrected chi connectivity index (χ3v) is 2.95. The molecule has 0 aromatic heterocycles. The van der Waals surface area contributed by atoms with E-state index in [1.165, 1.54) is 19.3 Å². The van der Waals surface area contributed by atoms with E-state index in [-0.39, 0.29) is 6.03 Å². The lowest BCUT2D eigenvalue weighted by atomic mass is 10.2. The Kier molecular flexibility index (Phi) is 7.75. The number of amides is 2. The van der Waals surface area contributed by atoms with Crippen LogP contribution in [0.4, 0.5) is 4.79 Å². The van der Waals surface area contributed by atoms with Crippen molar-refractivity contribution in [3.05, 3.63) is 0 Å². The average molecular weight is 242 g/mol. The van der Waals surface area contributed by atoms with Crippen LogP contribution in [0.1, 0.15) is 32.6 Å². The summed E-state index contributed by atoms with van der Waals surface area (Å²) in [6.45, 7) is 6.57. The van der Waals surface area contributed by atoms with Gasteiger partial charge >= 0.3 is 6.03 Å². The molecule has 1 heterocycles. The smallest absolute Gasteiger partial charge is 0.314 e. The van der Waals surface area contributed by atoms with Crippen LogP contribution in [0.2, 0.25) is 0 Å². The molecule has 5 heteroatoms. The van der Waals surface area contributed by atoms with Gasteiger partial charge in [-0.15, -0.1) is 0 Å². The summed E-state index contributed by atoms with van der Waals surface area (Å²) in [5, 5.41) is 12.4. The van der Waals surface area contributed by atoms with Crippen LogP contribution in [-0.2, 0) is 0 Å². The molecule has 0 aromatic rings. The quantitative estimate of drug-likeness (QED) is 0.489. The van der Waals surface area contributed by atoms with Crippen molar-refractivity contribution in [3.8, 4) is 0 Å². The predicted octanol–water partition coefficient (Wildman–Crippen LogP) is 0.427. The molecule has 0 radical (unpaired) electrons. The van der Waals surface area contributed by atoms with Gasteiger partial charge < -0.3 is 21.3 Å². The molecule has 0 aliphatic carbocycles. The van der Waals surface area contributed by atoms with Gasteiger partial charge in [0.1, 0.15) is 0 Å². The summed E-state index contributed by atoms with van der Waals surface area (Å²) in [5.74, 6) is 0. The van der Waals surface area contributed by atoms with Crippen molar-refractivity contribution in [1.29, 1.82) is 0 Å². The molecular formula is C12H26N4O. The zero-order valence-electron chi connectivity index (χ0n) is 10.8. The van der Waals surface area contributed by atoms with Gasteiger partial charge in [0, 0.05) is 38.8 Å². The number of rotatable bonds is 7. The molecule has 100 valence electrons. The fraction of sp³-hybridized carbons (Fsp3) is 0.917. The van der Waals surface area contributed by atoms with E-state index < -0.39 is 0 Å². The molecule has 0 bridgehead atoms. The van der Waals surface area contributed by atoms with E-state index >= 15 is 0 Å². The predicted molar refractivity (Wildman–Crippen MR) is 70.2 cm³/mol. The minimum atomic E-state index is -0.0473. The first-order chi connectivity index (χ1) is 8.33. The van der Waals surface area contributed by atoms with Crippen LogP contribution in [0.25, 0.3) is 0 Å². The normalized spacial score (nSPS) is 19.9. The van der Waals surface area contributed by atoms with E-state index in [1.54, 1.807) is 0 Å². The van der Waals surface area contributed by atoms with Gasteiger partial charge in [0.2, 0.25) is 0 Å². The van der Waals surface area contributed by atoms with Crippen LogP contribution in [0, 0.1) is 0 Å². The summed E-state index contributed by atoms with van der Waals surface area (Å²) in [6, 6.07) is 0.309. The molecular weight excluding hydrogens is 216 g/mol. The van der Waals surface area contributed by atoms with Gasteiger partial charge in [0.15, 0.2) is 0 Å². The summed E-state index contributed by atoms with van der Waals surface area (Å²) in [5.41, 5.74) is 0. The number of hydrogen-bond acceptors (Lipinski definition) is 3. The summed E-state index contributed by atoms with van der Waals surface area (Å²) in [4.78, 5) is 11.4. The van der Waals surface area contributed by atoms with E-state index in [1.807, 2.05) is 0 Å². The molecule has 0 saturated carbocycles. The largest absolute Gasteiger partial charge is 0.338 e. The second-order valence-electron chi connectivity index (χ2n) is 4.55. The molecule has 1 unspecified atom stereocenters. The van der Waals surface area contributed by atoms with Crippen LogP contribution in [0.5, 0.6) is 0 Å². The fourth-order valence-electron chi connectivity index (χ4n) is 1.89. The van der Waals surface area contributed by atoms with Crippen molar-refractivity contribution >= 4 is 6.03 Å². The van der Waals surface area contributed by atoms with E-state index in [4.69, 9.17) is 0 Å². The molecule has 1 rings (SSSR count). The van der Waals surface area contributed by atoms with Gasteiger partial charge in [-0.2, -0.15) is 0 Å². The van der Waals surface area contributed by atoms with Crippen LogP contribution in [-0.4, -0.2) is 44.8 Å². The number of carbonyl (C=O) groups is 1. The molecule has 1 aliphatic heterocycles. The molecule has 4 N–H and O–H groups in total. The standard InChI is InChI=1S/C12H26N4O/c1-2-3-4-5-6-15-12(17)16-10-11-9-13-7-8-14-11/h11,13-14H,2-10H2,1H3,(H2,15,16,17). The maximum atomic E-state index is 11.4. The first-order valence-electron chi connectivity index (χ1n) is 6.78. The Balaban J connectivity index is 1.93. The number of hydrogen-bond donors (Lipinski definition) is 4. The number of unbranched alkanes of at least 4 members (excludes halogenated alkanes) is 3. The lowest BCUT2D eigenvalue weighted by molar-refractivity contribution is 0.238. The fourth-order valence-corrected chi connectivity index (χ4v) is 1.89. The van der Waals surface area contributed by atoms with Crippen molar-refractivity contribution in [2.24, 2.45) is 0 Å². The van der Waals surface area contributed by atoms with E-state index in [2.05, 4.69) is 28.2 Å². The van der Waals surface area contributed by atoms with Crippen LogP contribution in [0.3, 0.4) is 0 Å². The van der Waals surface area contributed by atoms with Gasteiger partial charge in [-0.1, -0.05) is 26.2 Å². The Hall–Kier alpha value is -0.810. The zero-order chi connectivity index (χ0) is 12.3. The second kappa shape index (κ2) is 9.24. The van der Waals surface area contributed by atoms with Gasteiger partial charge in [0.25, 0.3) is 0 Å². The number of nitrogens with one attached hydrogen (secondary N) is 4. The Labute approximate surface area is 104 Å². The zero-order valence-corrected chi connectivity index (χ0v) is 10.8. The van der Waals surface area contributed by atoms with Gasteiger partial charge in [-0.05, 0) is 6.42 Å². The molecule has 1 saturated heterocycles. The third kappa shape index (κ3) is 7.18. The maximum Gasteiger partial charge on any atom is 0.314 e. The summed E-state index contributed by atoms with van der Waals surface area (Å²) < 4.78 is 0. The van der Waals surface area contributed by atoms with Crippen molar-refractivity contribution in [2.45, 2.75) is 38.6 Å². The molecule has 1 atom stereocenters. The average Bonchev–Trinajstić information content (AvgIpc) is 2.37. The SMILES string of the molecule is CCCCCCNC(=O)NCC1CNCCN1. The molecule has 17 heavy (non-hydrogen) atoms. The Morgan fingerprint density at radius 3 is 2.82 bits per heavy atom. The molecule has 0 aromatic carbocycles. The van der Waals surface area contributed by atoms with E-state index in [9.17, 15) is 4.79 Å². The number of carbonyl (C=O) groups excluding carboxylic acids is 1. The number of urea groups is 1. The maximum absolute atomic E-state index is 11.4. The highest BCUT2D eigenvalue weighted by Crippen LogP contribution is 1.96. The highest BCUT2D eigenvalue weighted by Gasteiger charge is 2.12. The lowest BCUT2D eigenvalue weighted by Gasteiger charge is -2.24. The van der Waals surface area contributed by atoms with Crippen molar-refractivity contribution < 1.29 is 4.79 Å². The first kappa shape index (κ1) is 14.3. The Morgan fingerprint density at radius 1 is 1.24 bits per heavy atom. The summed E-state index contributed by atoms with van der Waals surface area (Å²) in [7, 11) is 0.